The van der Waals surface area contributed by atoms with E-state index >= 15 is 0 Å². The van der Waals surface area contributed by atoms with Crippen LogP contribution in [-0.4, -0.2) is 60.9 Å². The number of guanidine groups is 1. The van der Waals surface area contributed by atoms with E-state index in [0.29, 0.717) is 24.8 Å². The lowest BCUT2D eigenvalue weighted by Crippen LogP contribution is -2.53. The molecule has 2 aliphatic heterocycles. The zero-order valence-electron chi connectivity index (χ0n) is 18.2. The summed E-state index contributed by atoms with van der Waals surface area (Å²) in [5, 5.41) is 3.39. The number of hydrogen-bond donors (Lipinski definition) is 1. The molecule has 0 amide bonds. The first kappa shape index (κ1) is 24.7. The van der Waals surface area contributed by atoms with Crippen molar-refractivity contribution >= 4 is 29.9 Å². The highest BCUT2D eigenvalue weighted by Crippen LogP contribution is 2.22. The molecule has 1 N–H and O–H groups in total. The fraction of sp³-hybridized carbons (Fsp3) is 0.478. The number of nitrogens with zero attached hydrogens (tertiary/aromatic N) is 3. The number of morpholine rings is 1. The molecule has 32 heavy (non-hydrogen) atoms. The summed E-state index contributed by atoms with van der Waals surface area (Å²) < 4.78 is 30.4. The van der Waals surface area contributed by atoms with Gasteiger partial charge in [0, 0.05) is 38.5 Å². The molecular weight excluding hydrogens is 526 g/mol. The first-order valence-electron chi connectivity index (χ1n) is 10.9. The van der Waals surface area contributed by atoms with Crippen molar-refractivity contribution in [3.63, 3.8) is 0 Å². The Morgan fingerprint density at radius 2 is 2.00 bits per heavy atom. The van der Waals surface area contributed by atoms with E-state index in [-0.39, 0.29) is 42.0 Å². The fourth-order valence-corrected chi connectivity index (χ4v) is 3.77. The van der Waals surface area contributed by atoms with E-state index in [1.54, 1.807) is 24.4 Å². The molecule has 2 saturated heterocycles. The van der Waals surface area contributed by atoms with Crippen LogP contribution in [0.1, 0.15) is 25.3 Å². The van der Waals surface area contributed by atoms with Crippen LogP contribution in [0.4, 0.5) is 4.39 Å². The Balaban J connectivity index is 0.00000289. The molecule has 1 aromatic carbocycles. The molecule has 2 fully saturated rings. The third-order valence-electron chi connectivity index (χ3n) is 5.35. The average Bonchev–Trinajstić information content (AvgIpc) is 3.34. The minimum absolute atomic E-state index is 0. The average molecular weight is 556 g/mol. The van der Waals surface area contributed by atoms with Crippen molar-refractivity contribution in [2.45, 2.75) is 38.5 Å². The summed E-state index contributed by atoms with van der Waals surface area (Å²) in [5.41, 5.74) is 0.978. The maximum atomic E-state index is 13.0. The lowest BCUT2D eigenvalue weighted by molar-refractivity contribution is -0.0817. The van der Waals surface area contributed by atoms with Crippen molar-refractivity contribution in [1.29, 1.82) is 0 Å². The zero-order chi connectivity index (χ0) is 21.5. The van der Waals surface area contributed by atoms with Crippen LogP contribution in [0.5, 0.6) is 11.6 Å². The molecule has 1 aromatic heterocycles. The van der Waals surface area contributed by atoms with Crippen LogP contribution in [0.2, 0.25) is 0 Å². The van der Waals surface area contributed by atoms with Gasteiger partial charge in [0.2, 0.25) is 5.88 Å². The summed E-state index contributed by atoms with van der Waals surface area (Å²) in [7, 11) is 0. The number of ether oxygens (including phenoxy) is 3. The quantitative estimate of drug-likeness (QED) is 0.330. The largest absolute Gasteiger partial charge is 0.439 e. The lowest BCUT2D eigenvalue weighted by atomic mass is 10.1. The highest BCUT2D eigenvalue weighted by atomic mass is 127. The zero-order valence-corrected chi connectivity index (χ0v) is 20.5. The number of nitrogens with one attached hydrogen (secondary N) is 1. The molecule has 4 rings (SSSR count). The summed E-state index contributed by atoms with van der Waals surface area (Å²) in [5.74, 6) is 1.58. The van der Waals surface area contributed by atoms with Gasteiger partial charge in [-0.1, -0.05) is 6.07 Å². The first-order valence-corrected chi connectivity index (χ1v) is 10.9. The SMILES string of the molecule is CCNC(=NCc1ccc(Oc2ccc(F)cc2)nc1)N1CCOC(C2CCCO2)C1.I. The number of pyridine rings is 1. The molecule has 7 nitrogen and oxygen atoms in total. The number of hydrogen-bond acceptors (Lipinski definition) is 5. The molecule has 0 saturated carbocycles. The number of benzene rings is 1. The van der Waals surface area contributed by atoms with Crippen molar-refractivity contribution in [2.75, 3.05) is 32.8 Å². The Hall–Kier alpha value is -1.98. The Morgan fingerprint density at radius 3 is 2.69 bits per heavy atom. The second-order valence-corrected chi connectivity index (χ2v) is 7.64. The molecule has 2 aromatic rings. The smallest absolute Gasteiger partial charge is 0.219 e. The van der Waals surface area contributed by atoms with E-state index in [0.717, 1.165) is 50.6 Å². The van der Waals surface area contributed by atoms with Gasteiger partial charge in [-0.15, -0.1) is 24.0 Å². The number of halogens is 2. The Labute approximate surface area is 205 Å². The highest BCUT2D eigenvalue weighted by molar-refractivity contribution is 14.0. The molecule has 0 radical (unpaired) electrons. The summed E-state index contributed by atoms with van der Waals surface area (Å²) in [6.07, 6.45) is 4.19. The van der Waals surface area contributed by atoms with Gasteiger partial charge in [-0.2, -0.15) is 0 Å². The van der Waals surface area contributed by atoms with E-state index < -0.39 is 0 Å². The van der Waals surface area contributed by atoms with Crippen molar-refractivity contribution in [2.24, 2.45) is 4.99 Å². The topological polar surface area (TPSA) is 68.2 Å². The first-order chi connectivity index (χ1) is 15.2. The Kier molecular flexibility index (Phi) is 9.49. The number of aliphatic imine (C=N–C) groups is 1. The third-order valence-corrected chi connectivity index (χ3v) is 5.35. The number of aromatic nitrogens is 1. The molecule has 174 valence electrons. The predicted molar refractivity (Wildman–Crippen MR) is 131 cm³/mol. The highest BCUT2D eigenvalue weighted by Gasteiger charge is 2.32. The van der Waals surface area contributed by atoms with Gasteiger partial charge < -0.3 is 24.4 Å². The maximum absolute atomic E-state index is 13.0. The summed E-state index contributed by atoms with van der Waals surface area (Å²) in [6, 6.07) is 9.59. The minimum Gasteiger partial charge on any atom is -0.439 e. The van der Waals surface area contributed by atoms with Gasteiger partial charge >= 0.3 is 0 Å². The molecule has 2 aliphatic rings. The van der Waals surface area contributed by atoms with Gasteiger partial charge in [-0.25, -0.2) is 14.4 Å². The molecular formula is C23H30FIN4O3. The van der Waals surface area contributed by atoms with Gasteiger partial charge in [-0.3, -0.25) is 0 Å². The second-order valence-electron chi connectivity index (χ2n) is 7.64. The van der Waals surface area contributed by atoms with Gasteiger partial charge in [-0.05, 0) is 49.6 Å². The monoisotopic (exact) mass is 556 g/mol. The van der Waals surface area contributed by atoms with E-state index in [1.807, 2.05) is 6.07 Å². The van der Waals surface area contributed by atoms with Crippen LogP contribution < -0.4 is 10.1 Å². The van der Waals surface area contributed by atoms with Crippen molar-refractivity contribution < 1.29 is 18.6 Å². The lowest BCUT2D eigenvalue weighted by Gasteiger charge is -2.37. The predicted octanol–water partition coefficient (Wildman–Crippen LogP) is 3.98. The van der Waals surface area contributed by atoms with Crippen molar-refractivity contribution in [3.8, 4) is 11.6 Å². The summed E-state index contributed by atoms with van der Waals surface area (Å²) >= 11 is 0. The molecule has 0 aliphatic carbocycles. The van der Waals surface area contributed by atoms with E-state index in [4.69, 9.17) is 19.2 Å². The minimum atomic E-state index is -0.299. The molecule has 9 heteroatoms. The van der Waals surface area contributed by atoms with Crippen LogP contribution in [0.15, 0.2) is 47.6 Å². The van der Waals surface area contributed by atoms with Crippen molar-refractivity contribution in [3.05, 3.63) is 54.0 Å². The molecule has 2 atom stereocenters. The standard InChI is InChI=1S/C23H29FN4O3.HI/c1-2-25-23(28-11-13-30-21(16-28)20-4-3-12-29-20)27-15-17-5-10-22(26-14-17)31-19-8-6-18(24)7-9-19;/h5-10,14,20-21H,2-4,11-13,15-16H2,1H3,(H,25,27);1H. The Morgan fingerprint density at radius 1 is 1.19 bits per heavy atom. The van der Waals surface area contributed by atoms with Crippen LogP contribution in [-0.2, 0) is 16.0 Å². The third kappa shape index (κ3) is 6.76. The van der Waals surface area contributed by atoms with Gasteiger partial charge in [0.15, 0.2) is 5.96 Å². The van der Waals surface area contributed by atoms with Gasteiger partial charge in [0.25, 0.3) is 0 Å². The van der Waals surface area contributed by atoms with Crippen molar-refractivity contribution in [1.82, 2.24) is 15.2 Å². The van der Waals surface area contributed by atoms with Crippen LogP contribution in [0.25, 0.3) is 0 Å². The molecule has 3 heterocycles. The van der Waals surface area contributed by atoms with Gasteiger partial charge in [0.05, 0.1) is 19.3 Å². The molecule has 0 spiro atoms. The maximum Gasteiger partial charge on any atom is 0.219 e. The van der Waals surface area contributed by atoms with Crippen LogP contribution in [0.3, 0.4) is 0 Å². The van der Waals surface area contributed by atoms with Crippen LogP contribution in [0, 0.1) is 5.82 Å². The normalized spacial score (nSPS) is 21.2. The Bertz CT molecular complexity index is 861. The van der Waals surface area contributed by atoms with E-state index in [2.05, 4.69) is 22.1 Å². The van der Waals surface area contributed by atoms with Gasteiger partial charge in [0.1, 0.15) is 17.7 Å². The fourth-order valence-electron chi connectivity index (χ4n) is 3.77. The van der Waals surface area contributed by atoms with E-state index in [1.165, 1.54) is 12.1 Å². The summed E-state index contributed by atoms with van der Waals surface area (Å²) in [4.78, 5) is 11.4. The summed E-state index contributed by atoms with van der Waals surface area (Å²) in [6.45, 7) is 6.45. The molecule has 0 bridgehead atoms. The molecule has 2 unspecified atom stereocenters. The van der Waals surface area contributed by atoms with Crippen LogP contribution >= 0.6 is 24.0 Å². The van der Waals surface area contributed by atoms with E-state index in [9.17, 15) is 4.39 Å². The second kappa shape index (κ2) is 12.3. The number of rotatable bonds is 6.